The lowest BCUT2D eigenvalue weighted by atomic mass is 10.1. The molecule has 138 valence electrons. The summed E-state index contributed by atoms with van der Waals surface area (Å²) in [6, 6.07) is 7.28. The van der Waals surface area contributed by atoms with Crippen LogP contribution in [0.15, 0.2) is 24.3 Å². The van der Waals surface area contributed by atoms with E-state index in [0.717, 1.165) is 25.4 Å². The minimum absolute atomic E-state index is 0.196. The van der Waals surface area contributed by atoms with Crippen LogP contribution < -0.4 is 10.1 Å². The molecular weight excluding hydrogens is 328 g/mol. The van der Waals surface area contributed by atoms with Crippen LogP contribution in [0.5, 0.6) is 5.75 Å². The van der Waals surface area contributed by atoms with E-state index in [1.54, 1.807) is 4.90 Å². The maximum Gasteiger partial charge on any atom is 0.262 e. The maximum absolute atomic E-state index is 13.3. The van der Waals surface area contributed by atoms with Crippen molar-refractivity contribution >= 4 is 5.91 Å². The third kappa shape index (κ3) is 4.67. The van der Waals surface area contributed by atoms with Crippen molar-refractivity contribution in [1.82, 2.24) is 15.1 Å². The molecule has 7 heteroatoms. The van der Waals surface area contributed by atoms with Crippen molar-refractivity contribution in [2.75, 3.05) is 39.3 Å². The van der Waals surface area contributed by atoms with Crippen molar-refractivity contribution < 1.29 is 18.3 Å². The van der Waals surface area contributed by atoms with Gasteiger partial charge in [0.25, 0.3) is 5.92 Å². The van der Waals surface area contributed by atoms with Gasteiger partial charge in [0.1, 0.15) is 5.75 Å². The number of nitrogens with zero attached hydrogens (tertiary/aromatic N) is 2. The fourth-order valence-electron chi connectivity index (χ4n) is 3.35. The predicted octanol–water partition coefficient (Wildman–Crippen LogP) is 1.73. The number of benzene rings is 1. The zero-order valence-corrected chi connectivity index (χ0v) is 14.5. The Kier molecular flexibility index (Phi) is 5.54. The lowest BCUT2D eigenvalue weighted by molar-refractivity contribution is -0.135. The highest BCUT2D eigenvalue weighted by Crippen LogP contribution is 2.26. The highest BCUT2D eigenvalue weighted by molar-refractivity contribution is 5.82. The number of amides is 1. The van der Waals surface area contributed by atoms with Crippen molar-refractivity contribution in [2.45, 2.75) is 31.9 Å². The number of carbonyl (C=O) groups excluding carboxylic acids is 1. The summed E-state index contributed by atoms with van der Waals surface area (Å²) < 4.78 is 31.9. The molecule has 5 nitrogen and oxygen atoms in total. The Morgan fingerprint density at radius 2 is 1.92 bits per heavy atom. The molecule has 2 aliphatic heterocycles. The molecule has 2 heterocycles. The number of halogens is 2. The number of rotatable bonds is 5. The summed E-state index contributed by atoms with van der Waals surface area (Å²) in [5.74, 6) is -2.10. The standard InChI is InChI=1S/C18H25F2N3O2/c1-2-25-15-5-3-14(4-6-15)12-22-7-9-23(10-8-22)17(24)16-11-18(19,20)13-21-16/h3-6,16,21H,2,7-13H2,1H3. The van der Waals surface area contributed by atoms with Gasteiger partial charge in [-0.3, -0.25) is 15.0 Å². The van der Waals surface area contributed by atoms with Crippen LogP contribution in [0.3, 0.4) is 0 Å². The van der Waals surface area contributed by atoms with E-state index in [2.05, 4.69) is 10.2 Å². The van der Waals surface area contributed by atoms with Gasteiger partial charge in [-0.1, -0.05) is 12.1 Å². The van der Waals surface area contributed by atoms with Crippen LogP contribution in [0.1, 0.15) is 18.9 Å². The summed E-state index contributed by atoms with van der Waals surface area (Å²) in [5, 5.41) is 2.64. The SMILES string of the molecule is CCOc1ccc(CN2CCN(C(=O)C3CC(F)(F)CN3)CC2)cc1. The van der Waals surface area contributed by atoms with Gasteiger partial charge in [0, 0.05) is 39.1 Å². The van der Waals surface area contributed by atoms with Crippen LogP contribution in [0.2, 0.25) is 0 Å². The van der Waals surface area contributed by atoms with Gasteiger partial charge in [-0.05, 0) is 24.6 Å². The van der Waals surface area contributed by atoms with Gasteiger partial charge >= 0.3 is 0 Å². The van der Waals surface area contributed by atoms with Gasteiger partial charge in [-0.2, -0.15) is 0 Å². The minimum Gasteiger partial charge on any atom is -0.494 e. The number of nitrogens with one attached hydrogen (secondary N) is 1. The van der Waals surface area contributed by atoms with Crippen LogP contribution in [0.4, 0.5) is 8.78 Å². The van der Waals surface area contributed by atoms with Gasteiger partial charge < -0.3 is 9.64 Å². The number of hydrogen-bond acceptors (Lipinski definition) is 4. The summed E-state index contributed by atoms with van der Waals surface area (Å²) in [5.41, 5.74) is 1.19. The first-order chi connectivity index (χ1) is 12.0. The minimum atomic E-state index is -2.77. The second kappa shape index (κ2) is 7.66. The molecule has 0 aliphatic carbocycles. The van der Waals surface area contributed by atoms with Crippen LogP contribution in [0.25, 0.3) is 0 Å². The topological polar surface area (TPSA) is 44.8 Å². The Morgan fingerprint density at radius 1 is 1.24 bits per heavy atom. The molecule has 1 aromatic carbocycles. The fourth-order valence-corrected chi connectivity index (χ4v) is 3.35. The van der Waals surface area contributed by atoms with E-state index >= 15 is 0 Å². The maximum atomic E-state index is 13.3. The van der Waals surface area contributed by atoms with E-state index in [1.165, 1.54) is 5.56 Å². The molecule has 0 saturated carbocycles. The van der Waals surface area contributed by atoms with Crippen LogP contribution in [-0.2, 0) is 11.3 Å². The van der Waals surface area contributed by atoms with Crippen molar-refractivity contribution in [1.29, 1.82) is 0 Å². The van der Waals surface area contributed by atoms with E-state index in [-0.39, 0.29) is 5.91 Å². The smallest absolute Gasteiger partial charge is 0.262 e. The summed E-state index contributed by atoms with van der Waals surface area (Å²) in [4.78, 5) is 16.3. The number of ether oxygens (including phenoxy) is 1. The van der Waals surface area contributed by atoms with Crippen LogP contribution >= 0.6 is 0 Å². The molecule has 0 aromatic heterocycles. The molecule has 1 aromatic rings. The van der Waals surface area contributed by atoms with E-state index < -0.39 is 24.9 Å². The predicted molar refractivity (Wildman–Crippen MR) is 90.8 cm³/mol. The van der Waals surface area contributed by atoms with E-state index in [9.17, 15) is 13.6 Å². The summed E-state index contributed by atoms with van der Waals surface area (Å²) in [7, 11) is 0. The quantitative estimate of drug-likeness (QED) is 0.876. The zero-order valence-electron chi connectivity index (χ0n) is 14.5. The molecule has 0 spiro atoms. The summed E-state index contributed by atoms with van der Waals surface area (Å²) in [6.45, 7) is 5.69. The third-order valence-corrected chi connectivity index (χ3v) is 4.73. The molecule has 3 rings (SSSR count). The Bertz CT molecular complexity index is 586. The molecular formula is C18H25F2N3O2. The first-order valence-corrected chi connectivity index (χ1v) is 8.81. The molecule has 1 N–H and O–H groups in total. The molecule has 0 bridgehead atoms. The van der Waals surface area contributed by atoms with Gasteiger partial charge in [0.2, 0.25) is 5.91 Å². The number of hydrogen-bond donors (Lipinski definition) is 1. The van der Waals surface area contributed by atoms with E-state index in [4.69, 9.17) is 4.74 Å². The van der Waals surface area contributed by atoms with E-state index in [1.807, 2.05) is 31.2 Å². The highest BCUT2D eigenvalue weighted by Gasteiger charge is 2.43. The number of alkyl halides is 2. The first-order valence-electron chi connectivity index (χ1n) is 8.81. The molecule has 1 unspecified atom stereocenters. The number of piperazine rings is 1. The molecule has 25 heavy (non-hydrogen) atoms. The van der Waals surface area contributed by atoms with Gasteiger partial charge in [-0.15, -0.1) is 0 Å². The van der Waals surface area contributed by atoms with Crippen molar-refractivity contribution in [3.8, 4) is 5.75 Å². The van der Waals surface area contributed by atoms with Crippen LogP contribution in [-0.4, -0.2) is 67.0 Å². The molecule has 2 saturated heterocycles. The first kappa shape index (κ1) is 18.1. The molecule has 2 aliphatic rings. The summed E-state index contributed by atoms with van der Waals surface area (Å²) in [6.07, 6.45) is -0.391. The van der Waals surface area contributed by atoms with Crippen molar-refractivity contribution in [2.24, 2.45) is 0 Å². The lowest BCUT2D eigenvalue weighted by Crippen LogP contribution is -2.52. The summed E-state index contributed by atoms with van der Waals surface area (Å²) >= 11 is 0. The molecule has 2 fully saturated rings. The lowest BCUT2D eigenvalue weighted by Gasteiger charge is -2.36. The number of carbonyl (C=O) groups is 1. The average molecular weight is 353 g/mol. The largest absolute Gasteiger partial charge is 0.494 e. The van der Waals surface area contributed by atoms with E-state index in [0.29, 0.717) is 19.7 Å². The second-order valence-electron chi connectivity index (χ2n) is 6.67. The fraction of sp³-hybridized carbons (Fsp3) is 0.611. The molecule has 1 atom stereocenters. The van der Waals surface area contributed by atoms with Crippen molar-refractivity contribution in [3.63, 3.8) is 0 Å². The van der Waals surface area contributed by atoms with Gasteiger partial charge in [-0.25, -0.2) is 8.78 Å². The monoisotopic (exact) mass is 353 g/mol. The Morgan fingerprint density at radius 3 is 2.48 bits per heavy atom. The molecule has 1 amide bonds. The van der Waals surface area contributed by atoms with Crippen molar-refractivity contribution in [3.05, 3.63) is 29.8 Å². The molecule has 0 radical (unpaired) electrons. The van der Waals surface area contributed by atoms with Gasteiger partial charge in [0.05, 0.1) is 19.2 Å². The Labute approximate surface area is 146 Å². The average Bonchev–Trinajstić information content (AvgIpc) is 2.97. The Balaban J connectivity index is 1.46. The second-order valence-corrected chi connectivity index (χ2v) is 6.67. The van der Waals surface area contributed by atoms with Crippen LogP contribution in [0, 0.1) is 0 Å². The third-order valence-electron chi connectivity index (χ3n) is 4.73. The highest BCUT2D eigenvalue weighted by atomic mass is 19.3. The zero-order chi connectivity index (χ0) is 17.9. The van der Waals surface area contributed by atoms with Gasteiger partial charge in [0.15, 0.2) is 0 Å². The normalized spacial score (nSPS) is 23.6. The Hall–Kier alpha value is -1.73.